The third-order valence-corrected chi connectivity index (χ3v) is 7.50. The largest absolute Gasteiger partial charge is 0.487 e. The number of carbonyl (C=O) groups is 2. The van der Waals surface area contributed by atoms with Gasteiger partial charge in [-0.2, -0.15) is 0 Å². The summed E-state index contributed by atoms with van der Waals surface area (Å²) in [6, 6.07) is 8.23. The molecule has 0 bridgehead atoms. The number of carbonyl (C=O) groups excluding carboxylic acids is 2. The van der Waals surface area contributed by atoms with Crippen LogP contribution < -0.4 is 4.74 Å². The maximum atomic E-state index is 12.9. The van der Waals surface area contributed by atoms with Gasteiger partial charge in [-0.05, 0) is 43.7 Å². The summed E-state index contributed by atoms with van der Waals surface area (Å²) in [6.45, 7) is 7.51. The lowest BCUT2D eigenvalue weighted by Crippen LogP contribution is -2.53. The van der Waals surface area contributed by atoms with Crippen molar-refractivity contribution in [2.75, 3.05) is 26.2 Å². The van der Waals surface area contributed by atoms with Crippen molar-refractivity contribution in [3.63, 3.8) is 0 Å². The molecule has 5 nitrogen and oxygen atoms in total. The lowest BCUT2D eigenvalue weighted by Gasteiger charge is -2.47. The molecule has 30 heavy (non-hydrogen) atoms. The standard InChI is InChI=1S/C25H36N2O3/c1-3-19(4-2)24(29)27-15-11-25(12-16-27)18-20(17-23(28)26-13-7-8-14-26)21-9-5-6-10-22(21)30-25/h5-6,9-10,19-20H,3-4,7-8,11-18H2,1-2H3. The highest BCUT2D eigenvalue weighted by molar-refractivity contribution is 5.79. The molecule has 1 aromatic rings. The number of hydrogen-bond acceptors (Lipinski definition) is 3. The van der Waals surface area contributed by atoms with E-state index in [4.69, 9.17) is 4.74 Å². The summed E-state index contributed by atoms with van der Waals surface area (Å²) in [6.07, 6.45) is 7.20. The van der Waals surface area contributed by atoms with Crippen molar-refractivity contribution >= 4 is 11.8 Å². The zero-order chi connectivity index (χ0) is 21.1. The average Bonchev–Trinajstić information content (AvgIpc) is 3.30. The van der Waals surface area contributed by atoms with E-state index in [1.807, 2.05) is 28.0 Å². The fraction of sp³-hybridized carbons (Fsp3) is 0.680. The number of hydrogen-bond donors (Lipinski definition) is 0. The van der Waals surface area contributed by atoms with Crippen LogP contribution in [0, 0.1) is 5.92 Å². The molecule has 0 aromatic heterocycles. The fourth-order valence-electron chi connectivity index (χ4n) is 5.57. The highest BCUT2D eigenvalue weighted by atomic mass is 16.5. The van der Waals surface area contributed by atoms with Crippen molar-refractivity contribution in [2.45, 2.75) is 76.7 Å². The van der Waals surface area contributed by atoms with Crippen molar-refractivity contribution in [1.29, 1.82) is 0 Å². The minimum absolute atomic E-state index is 0.137. The summed E-state index contributed by atoms with van der Waals surface area (Å²) in [7, 11) is 0. The van der Waals surface area contributed by atoms with Gasteiger partial charge in [0.15, 0.2) is 0 Å². The Morgan fingerprint density at radius 2 is 1.70 bits per heavy atom. The SMILES string of the molecule is CCC(CC)C(=O)N1CCC2(CC1)CC(CC(=O)N1CCCC1)c1ccccc1O2. The third kappa shape index (κ3) is 4.21. The van der Waals surface area contributed by atoms with Gasteiger partial charge >= 0.3 is 0 Å². The molecule has 3 aliphatic heterocycles. The Labute approximate surface area is 180 Å². The van der Waals surface area contributed by atoms with E-state index in [1.165, 1.54) is 5.56 Å². The quantitative estimate of drug-likeness (QED) is 0.722. The summed E-state index contributed by atoms with van der Waals surface area (Å²) >= 11 is 0. The lowest BCUT2D eigenvalue weighted by molar-refractivity contribution is -0.140. The van der Waals surface area contributed by atoms with E-state index in [0.29, 0.717) is 12.3 Å². The molecule has 2 saturated heterocycles. The minimum Gasteiger partial charge on any atom is -0.487 e. The molecule has 2 fully saturated rings. The van der Waals surface area contributed by atoms with Gasteiger partial charge in [0.05, 0.1) is 0 Å². The van der Waals surface area contributed by atoms with E-state index >= 15 is 0 Å². The van der Waals surface area contributed by atoms with Crippen LogP contribution in [0.25, 0.3) is 0 Å². The van der Waals surface area contributed by atoms with E-state index in [0.717, 1.165) is 76.9 Å². The predicted molar refractivity (Wildman–Crippen MR) is 117 cm³/mol. The van der Waals surface area contributed by atoms with Crippen LogP contribution in [0.4, 0.5) is 0 Å². The molecule has 3 aliphatic rings. The second-order valence-corrected chi connectivity index (χ2v) is 9.35. The van der Waals surface area contributed by atoms with Crippen molar-refractivity contribution in [2.24, 2.45) is 5.92 Å². The summed E-state index contributed by atoms with van der Waals surface area (Å²) in [4.78, 5) is 29.8. The number of rotatable bonds is 5. The summed E-state index contributed by atoms with van der Waals surface area (Å²) < 4.78 is 6.58. The topological polar surface area (TPSA) is 49.9 Å². The van der Waals surface area contributed by atoms with Crippen LogP contribution in [0.5, 0.6) is 5.75 Å². The van der Waals surface area contributed by atoms with Gasteiger partial charge in [-0.15, -0.1) is 0 Å². The number of nitrogens with zero attached hydrogens (tertiary/aromatic N) is 2. The number of para-hydroxylation sites is 1. The van der Waals surface area contributed by atoms with Crippen LogP contribution in [0.3, 0.4) is 0 Å². The molecule has 4 rings (SSSR count). The molecular formula is C25H36N2O3. The number of amides is 2. The number of benzene rings is 1. The first kappa shape index (κ1) is 21.2. The van der Waals surface area contributed by atoms with Gasteiger partial charge in [-0.25, -0.2) is 0 Å². The number of ether oxygens (including phenoxy) is 1. The summed E-state index contributed by atoms with van der Waals surface area (Å²) in [5.74, 6) is 1.85. The first-order valence-corrected chi connectivity index (χ1v) is 11.9. The molecule has 1 aromatic carbocycles. The van der Waals surface area contributed by atoms with Crippen LogP contribution in [0.2, 0.25) is 0 Å². The normalized spacial score (nSPS) is 22.8. The van der Waals surface area contributed by atoms with E-state index in [9.17, 15) is 9.59 Å². The Kier molecular flexibility index (Phi) is 6.35. The van der Waals surface area contributed by atoms with Crippen LogP contribution in [0.1, 0.15) is 76.7 Å². The van der Waals surface area contributed by atoms with Gasteiger partial charge in [0, 0.05) is 57.3 Å². The first-order valence-electron chi connectivity index (χ1n) is 11.9. The smallest absolute Gasteiger partial charge is 0.225 e. The Morgan fingerprint density at radius 3 is 2.37 bits per heavy atom. The van der Waals surface area contributed by atoms with Gasteiger partial charge in [0.2, 0.25) is 11.8 Å². The van der Waals surface area contributed by atoms with Gasteiger partial charge in [0.25, 0.3) is 0 Å². The Balaban J connectivity index is 1.47. The number of likely N-dealkylation sites (tertiary alicyclic amines) is 2. The Bertz CT molecular complexity index is 759. The van der Waals surface area contributed by atoms with Crippen molar-refractivity contribution < 1.29 is 14.3 Å². The van der Waals surface area contributed by atoms with Gasteiger partial charge in [0.1, 0.15) is 11.4 Å². The maximum absolute atomic E-state index is 12.9. The van der Waals surface area contributed by atoms with E-state index in [-0.39, 0.29) is 23.3 Å². The number of piperidine rings is 1. The van der Waals surface area contributed by atoms with Crippen LogP contribution in [0.15, 0.2) is 24.3 Å². The Morgan fingerprint density at radius 1 is 1.03 bits per heavy atom. The second-order valence-electron chi connectivity index (χ2n) is 9.35. The molecule has 0 radical (unpaired) electrons. The zero-order valence-corrected chi connectivity index (χ0v) is 18.6. The van der Waals surface area contributed by atoms with E-state index in [1.54, 1.807) is 0 Å². The van der Waals surface area contributed by atoms with E-state index < -0.39 is 0 Å². The van der Waals surface area contributed by atoms with Gasteiger partial charge in [-0.1, -0.05) is 32.0 Å². The highest BCUT2D eigenvalue weighted by Crippen LogP contribution is 2.47. The molecule has 0 saturated carbocycles. The second kappa shape index (κ2) is 8.99. The molecule has 1 unspecified atom stereocenters. The van der Waals surface area contributed by atoms with Crippen molar-refractivity contribution in [1.82, 2.24) is 9.80 Å². The maximum Gasteiger partial charge on any atom is 0.225 e. The lowest BCUT2D eigenvalue weighted by atomic mass is 9.76. The molecule has 1 atom stereocenters. The molecule has 0 N–H and O–H groups in total. The molecule has 3 heterocycles. The minimum atomic E-state index is -0.255. The molecule has 164 valence electrons. The zero-order valence-electron chi connectivity index (χ0n) is 18.6. The van der Waals surface area contributed by atoms with E-state index in [2.05, 4.69) is 19.9 Å². The molecule has 2 amide bonds. The predicted octanol–water partition coefficient (Wildman–Crippen LogP) is 4.36. The molecular weight excluding hydrogens is 376 g/mol. The van der Waals surface area contributed by atoms with Crippen LogP contribution in [-0.2, 0) is 9.59 Å². The van der Waals surface area contributed by atoms with Crippen LogP contribution in [-0.4, -0.2) is 53.4 Å². The van der Waals surface area contributed by atoms with Gasteiger partial charge in [-0.3, -0.25) is 9.59 Å². The first-order chi connectivity index (χ1) is 14.5. The average molecular weight is 413 g/mol. The molecule has 5 heteroatoms. The molecule has 1 spiro atoms. The third-order valence-electron chi connectivity index (χ3n) is 7.50. The van der Waals surface area contributed by atoms with Crippen LogP contribution >= 0.6 is 0 Å². The Hall–Kier alpha value is -2.04. The summed E-state index contributed by atoms with van der Waals surface area (Å²) in [5, 5.41) is 0. The molecule has 0 aliphatic carbocycles. The number of fused-ring (bicyclic) bond motifs is 1. The summed E-state index contributed by atoms with van der Waals surface area (Å²) in [5.41, 5.74) is 0.917. The van der Waals surface area contributed by atoms with Crippen molar-refractivity contribution in [3.05, 3.63) is 29.8 Å². The monoisotopic (exact) mass is 412 g/mol. The highest BCUT2D eigenvalue weighted by Gasteiger charge is 2.45. The van der Waals surface area contributed by atoms with Gasteiger partial charge < -0.3 is 14.5 Å². The fourth-order valence-corrected chi connectivity index (χ4v) is 5.57. The van der Waals surface area contributed by atoms with Crippen molar-refractivity contribution in [3.8, 4) is 5.75 Å².